The lowest BCUT2D eigenvalue weighted by Gasteiger charge is -2.19. The van der Waals surface area contributed by atoms with Crippen LogP contribution in [0.4, 0.5) is 4.79 Å². The molecule has 1 amide bonds. The van der Waals surface area contributed by atoms with Gasteiger partial charge in [0.2, 0.25) is 5.88 Å². The summed E-state index contributed by atoms with van der Waals surface area (Å²) in [5, 5.41) is 2.63. The van der Waals surface area contributed by atoms with Crippen molar-refractivity contribution in [2.45, 2.75) is 32.9 Å². The van der Waals surface area contributed by atoms with E-state index in [0.717, 1.165) is 5.52 Å². The number of hydrogen-bond acceptors (Lipinski definition) is 5. The molecule has 0 aliphatic carbocycles. The van der Waals surface area contributed by atoms with E-state index in [1.165, 1.54) is 0 Å². The van der Waals surface area contributed by atoms with E-state index in [1.54, 1.807) is 13.2 Å². The first kappa shape index (κ1) is 14.1. The number of nitrogens with zero attached hydrogens (tertiary/aromatic N) is 2. The van der Waals surface area contributed by atoms with Crippen molar-refractivity contribution < 1.29 is 14.3 Å². The third-order valence-corrected chi connectivity index (χ3v) is 2.38. The second kappa shape index (κ2) is 5.36. The van der Waals surface area contributed by atoms with Gasteiger partial charge in [0.05, 0.1) is 19.2 Å². The highest BCUT2D eigenvalue weighted by molar-refractivity contribution is 5.71. The van der Waals surface area contributed by atoms with Crippen molar-refractivity contribution in [3.63, 3.8) is 0 Å². The summed E-state index contributed by atoms with van der Waals surface area (Å²) in [6.45, 7) is 5.67. The third-order valence-electron chi connectivity index (χ3n) is 2.38. The first-order chi connectivity index (χ1) is 9.37. The number of imidazole rings is 1. The lowest BCUT2D eigenvalue weighted by molar-refractivity contribution is 0.0522. The standard InChI is InChI=1S/C13H18N4O3/c1-13(2,3)20-12(18)14-7-9-15-8-5-6-10(19-4)17-11(8)16-9/h5-6H,7H2,1-4H3,(H,14,18)(H,15,16,17). The highest BCUT2D eigenvalue weighted by Gasteiger charge is 2.16. The third kappa shape index (κ3) is 3.59. The van der Waals surface area contributed by atoms with Gasteiger partial charge in [-0.05, 0) is 26.8 Å². The molecule has 20 heavy (non-hydrogen) atoms. The molecule has 2 aromatic rings. The zero-order valence-corrected chi connectivity index (χ0v) is 12.0. The average Bonchev–Trinajstić information content (AvgIpc) is 2.75. The first-order valence-electron chi connectivity index (χ1n) is 6.24. The Morgan fingerprint density at radius 3 is 2.75 bits per heavy atom. The molecule has 7 nitrogen and oxygen atoms in total. The molecule has 108 valence electrons. The fraction of sp³-hybridized carbons (Fsp3) is 0.462. The topological polar surface area (TPSA) is 89.1 Å². The summed E-state index contributed by atoms with van der Waals surface area (Å²) in [7, 11) is 1.55. The maximum atomic E-state index is 11.5. The van der Waals surface area contributed by atoms with E-state index in [2.05, 4.69) is 20.3 Å². The molecule has 0 bridgehead atoms. The Bertz CT molecular complexity index is 616. The molecule has 0 aromatic carbocycles. The smallest absolute Gasteiger partial charge is 0.408 e. The van der Waals surface area contributed by atoms with Gasteiger partial charge in [-0.25, -0.2) is 9.78 Å². The van der Waals surface area contributed by atoms with Crippen LogP contribution in [0, 0.1) is 0 Å². The van der Waals surface area contributed by atoms with Gasteiger partial charge in [-0.15, -0.1) is 0 Å². The maximum Gasteiger partial charge on any atom is 0.408 e. The van der Waals surface area contributed by atoms with Crippen LogP contribution in [0.2, 0.25) is 0 Å². The zero-order chi connectivity index (χ0) is 14.8. The number of alkyl carbamates (subject to hydrolysis) is 1. The van der Waals surface area contributed by atoms with Crippen LogP contribution >= 0.6 is 0 Å². The molecule has 0 fully saturated rings. The Kier molecular flexibility index (Phi) is 3.78. The number of fused-ring (bicyclic) bond motifs is 1. The van der Waals surface area contributed by atoms with Crippen molar-refractivity contribution in [2.24, 2.45) is 0 Å². The summed E-state index contributed by atoms with van der Waals surface area (Å²) in [6.07, 6.45) is -0.483. The quantitative estimate of drug-likeness (QED) is 0.896. The van der Waals surface area contributed by atoms with Gasteiger partial charge < -0.3 is 19.8 Å². The summed E-state index contributed by atoms with van der Waals surface area (Å²) in [6, 6.07) is 3.57. The number of carbonyl (C=O) groups excluding carboxylic acids is 1. The van der Waals surface area contributed by atoms with E-state index in [0.29, 0.717) is 17.4 Å². The van der Waals surface area contributed by atoms with Crippen molar-refractivity contribution in [3.8, 4) is 5.88 Å². The van der Waals surface area contributed by atoms with E-state index in [-0.39, 0.29) is 6.54 Å². The van der Waals surface area contributed by atoms with Crippen LogP contribution in [0.15, 0.2) is 12.1 Å². The summed E-state index contributed by atoms with van der Waals surface area (Å²) >= 11 is 0. The minimum Gasteiger partial charge on any atom is -0.481 e. The summed E-state index contributed by atoms with van der Waals surface area (Å²) < 4.78 is 10.2. The summed E-state index contributed by atoms with van der Waals surface area (Å²) in [5.41, 5.74) is 0.810. The fourth-order valence-corrected chi connectivity index (χ4v) is 1.59. The molecule has 2 N–H and O–H groups in total. The monoisotopic (exact) mass is 278 g/mol. The normalized spacial score (nSPS) is 11.4. The van der Waals surface area contributed by atoms with Crippen LogP contribution in [-0.4, -0.2) is 33.8 Å². The molecule has 0 saturated heterocycles. The number of methoxy groups -OCH3 is 1. The van der Waals surface area contributed by atoms with Crippen molar-refractivity contribution >= 4 is 17.3 Å². The first-order valence-corrected chi connectivity index (χ1v) is 6.24. The van der Waals surface area contributed by atoms with Gasteiger partial charge in [-0.2, -0.15) is 4.98 Å². The van der Waals surface area contributed by atoms with Crippen molar-refractivity contribution in [1.82, 2.24) is 20.3 Å². The predicted molar refractivity (Wildman–Crippen MR) is 73.5 cm³/mol. The van der Waals surface area contributed by atoms with E-state index in [1.807, 2.05) is 26.8 Å². The van der Waals surface area contributed by atoms with Gasteiger partial charge in [0, 0.05) is 6.07 Å². The van der Waals surface area contributed by atoms with Gasteiger partial charge in [0.1, 0.15) is 11.4 Å². The van der Waals surface area contributed by atoms with Crippen molar-refractivity contribution in [3.05, 3.63) is 18.0 Å². The van der Waals surface area contributed by atoms with Crippen LogP contribution in [0.1, 0.15) is 26.6 Å². The number of aromatic nitrogens is 3. The molecule has 0 radical (unpaired) electrons. The average molecular weight is 278 g/mol. The lowest BCUT2D eigenvalue weighted by atomic mass is 10.2. The molecule has 7 heteroatoms. The second-order valence-corrected chi connectivity index (χ2v) is 5.26. The molecule has 2 heterocycles. The fourth-order valence-electron chi connectivity index (χ4n) is 1.59. The Morgan fingerprint density at radius 1 is 1.35 bits per heavy atom. The van der Waals surface area contributed by atoms with Gasteiger partial charge >= 0.3 is 6.09 Å². The van der Waals surface area contributed by atoms with Gasteiger partial charge in [0.15, 0.2) is 5.65 Å². The number of pyridine rings is 1. The van der Waals surface area contributed by atoms with Crippen molar-refractivity contribution in [2.75, 3.05) is 7.11 Å². The number of carbonyl (C=O) groups is 1. The number of rotatable bonds is 3. The largest absolute Gasteiger partial charge is 0.481 e. The number of hydrogen-bond donors (Lipinski definition) is 2. The Hall–Kier alpha value is -2.31. The Morgan fingerprint density at radius 2 is 2.10 bits per heavy atom. The van der Waals surface area contributed by atoms with E-state index >= 15 is 0 Å². The molecular weight excluding hydrogens is 260 g/mol. The molecule has 0 spiro atoms. The van der Waals surface area contributed by atoms with Crippen molar-refractivity contribution in [1.29, 1.82) is 0 Å². The molecule has 0 atom stereocenters. The minimum atomic E-state index is -0.521. The van der Waals surface area contributed by atoms with E-state index in [9.17, 15) is 4.79 Å². The maximum absolute atomic E-state index is 11.5. The van der Waals surface area contributed by atoms with Crippen LogP contribution in [0.25, 0.3) is 11.2 Å². The molecule has 0 aliphatic rings. The number of ether oxygens (including phenoxy) is 2. The minimum absolute atomic E-state index is 0.244. The van der Waals surface area contributed by atoms with Crippen LogP contribution in [0.5, 0.6) is 5.88 Å². The second-order valence-electron chi connectivity index (χ2n) is 5.26. The highest BCUT2D eigenvalue weighted by Crippen LogP contribution is 2.14. The summed E-state index contributed by atoms with van der Waals surface area (Å²) in [4.78, 5) is 23.1. The van der Waals surface area contributed by atoms with E-state index in [4.69, 9.17) is 9.47 Å². The molecular formula is C13H18N4O3. The number of H-pyrrole nitrogens is 1. The van der Waals surface area contributed by atoms with Gasteiger partial charge in [-0.3, -0.25) is 0 Å². The lowest BCUT2D eigenvalue weighted by Crippen LogP contribution is -2.32. The Balaban J connectivity index is 2.01. The number of aromatic amines is 1. The molecule has 0 unspecified atom stereocenters. The Labute approximate surface area is 116 Å². The van der Waals surface area contributed by atoms with Crippen LogP contribution in [-0.2, 0) is 11.3 Å². The van der Waals surface area contributed by atoms with E-state index < -0.39 is 11.7 Å². The number of amides is 1. The van der Waals surface area contributed by atoms with Gasteiger partial charge in [0.25, 0.3) is 0 Å². The van der Waals surface area contributed by atoms with Gasteiger partial charge in [-0.1, -0.05) is 0 Å². The number of nitrogens with one attached hydrogen (secondary N) is 2. The molecule has 2 aromatic heterocycles. The highest BCUT2D eigenvalue weighted by atomic mass is 16.6. The van der Waals surface area contributed by atoms with Crippen LogP contribution < -0.4 is 10.1 Å². The van der Waals surface area contributed by atoms with Crippen LogP contribution in [0.3, 0.4) is 0 Å². The molecule has 0 aliphatic heterocycles. The SMILES string of the molecule is COc1ccc2[nH]c(CNC(=O)OC(C)(C)C)nc2n1. The molecule has 2 rings (SSSR count). The summed E-state index contributed by atoms with van der Waals surface area (Å²) in [5.74, 6) is 1.10. The predicted octanol–water partition coefficient (Wildman–Crippen LogP) is 1.99. The molecule has 0 saturated carbocycles. The zero-order valence-electron chi connectivity index (χ0n) is 12.0.